The fourth-order valence-corrected chi connectivity index (χ4v) is 1.94. The van der Waals surface area contributed by atoms with Crippen LogP contribution in [-0.4, -0.2) is 11.0 Å². The number of carbonyl (C=O) groups is 1. The molecule has 2 heterocycles. The fraction of sp³-hybridized carbons (Fsp3) is 0.273. The molecule has 1 saturated heterocycles. The summed E-state index contributed by atoms with van der Waals surface area (Å²) in [5.74, 6) is 0.329. The number of esters is 1. The van der Waals surface area contributed by atoms with Gasteiger partial charge >= 0.3 is 5.97 Å². The molecule has 1 atom stereocenters. The van der Waals surface area contributed by atoms with Gasteiger partial charge < -0.3 is 4.74 Å². The molecule has 1 aromatic heterocycles. The van der Waals surface area contributed by atoms with Crippen LogP contribution in [0, 0.1) is 0 Å². The molecule has 1 fully saturated rings. The monoisotopic (exact) mass is 267 g/mol. The minimum absolute atomic E-state index is 0.171. The molecule has 0 N–H and O–H groups in total. The van der Waals surface area contributed by atoms with E-state index in [-0.39, 0.29) is 11.9 Å². The summed E-state index contributed by atoms with van der Waals surface area (Å²) in [4.78, 5) is 17.3. The lowest BCUT2D eigenvalue weighted by atomic mass is 9.93. The SMILES string of the molecule is O=C1O/C(=C/Br)CCC1c1cccnc1. The van der Waals surface area contributed by atoms with E-state index in [1.807, 2.05) is 12.1 Å². The van der Waals surface area contributed by atoms with Crippen LogP contribution in [0.4, 0.5) is 0 Å². The van der Waals surface area contributed by atoms with E-state index < -0.39 is 0 Å². The van der Waals surface area contributed by atoms with Crippen LogP contribution >= 0.6 is 15.9 Å². The molecule has 2 rings (SSSR count). The van der Waals surface area contributed by atoms with E-state index in [1.165, 1.54) is 0 Å². The van der Waals surface area contributed by atoms with Crippen LogP contribution in [0.15, 0.2) is 35.3 Å². The first-order chi connectivity index (χ1) is 7.31. The van der Waals surface area contributed by atoms with Crippen LogP contribution in [0.1, 0.15) is 24.3 Å². The standard InChI is InChI=1S/C11H10BrNO2/c12-6-9-3-4-10(11(14)15-9)8-2-1-5-13-7-8/h1-2,5-7,10H,3-4H2/b9-6+. The maximum Gasteiger partial charge on any atom is 0.318 e. The van der Waals surface area contributed by atoms with Crippen molar-refractivity contribution in [2.45, 2.75) is 18.8 Å². The van der Waals surface area contributed by atoms with Crippen LogP contribution in [0.25, 0.3) is 0 Å². The second-order valence-electron chi connectivity index (χ2n) is 3.37. The van der Waals surface area contributed by atoms with Gasteiger partial charge in [0.2, 0.25) is 0 Å². The van der Waals surface area contributed by atoms with Crippen molar-refractivity contribution < 1.29 is 9.53 Å². The highest BCUT2D eigenvalue weighted by atomic mass is 79.9. The Morgan fingerprint density at radius 3 is 3.07 bits per heavy atom. The van der Waals surface area contributed by atoms with Crippen molar-refractivity contribution in [2.24, 2.45) is 0 Å². The number of ether oxygens (including phenoxy) is 1. The molecule has 0 spiro atoms. The Kier molecular flexibility index (Phi) is 3.16. The van der Waals surface area contributed by atoms with Gasteiger partial charge in [-0.1, -0.05) is 22.0 Å². The molecule has 1 aliphatic rings. The van der Waals surface area contributed by atoms with Crippen LogP contribution < -0.4 is 0 Å². The molecule has 4 heteroatoms. The quantitative estimate of drug-likeness (QED) is 0.735. The molecule has 0 radical (unpaired) electrons. The lowest BCUT2D eigenvalue weighted by Gasteiger charge is -2.22. The highest BCUT2D eigenvalue weighted by Gasteiger charge is 2.28. The van der Waals surface area contributed by atoms with E-state index in [4.69, 9.17) is 4.74 Å². The third-order valence-electron chi connectivity index (χ3n) is 2.40. The number of pyridine rings is 1. The Morgan fingerprint density at radius 2 is 2.47 bits per heavy atom. The number of nitrogens with zero attached hydrogens (tertiary/aromatic N) is 1. The number of halogens is 1. The van der Waals surface area contributed by atoms with Gasteiger partial charge in [0, 0.05) is 23.8 Å². The van der Waals surface area contributed by atoms with Gasteiger partial charge in [-0.3, -0.25) is 9.78 Å². The van der Waals surface area contributed by atoms with Gasteiger partial charge in [0.15, 0.2) is 0 Å². The van der Waals surface area contributed by atoms with E-state index in [0.717, 1.165) is 18.4 Å². The zero-order valence-corrected chi connectivity index (χ0v) is 9.61. The Bertz CT molecular complexity index is 389. The van der Waals surface area contributed by atoms with Crippen molar-refractivity contribution in [2.75, 3.05) is 0 Å². The molecule has 0 bridgehead atoms. The predicted octanol–water partition coefficient (Wildman–Crippen LogP) is 2.74. The summed E-state index contributed by atoms with van der Waals surface area (Å²) in [6, 6.07) is 3.74. The van der Waals surface area contributed by atoms with E-state index in [9.17, 15) is 4.79 Å². The molecule has 0 aliphatic carbocycles. The van der Waals surface area contributed by atoms with Gasteiger partial charge in [0.05, 0.1) is 5.92 Å². The normalized spacial score (nSPS) is 23.9. The predicted molar refractivity (Wildman–Crippen MR) is 59.3 cm³/mol. The average Bonchev–Trinajstić information content (AvgIpc) is 2.30. The first kappa shape index (κ1) is 10.4. The van der Waals surface area contributed by atoms with Gasteiger partial charge in [-0.05, 0) is 18.1 Å². The summed E-state index contributed by atoms with van der Waals surface area (Å²) in [5.41, 5.74) is 0.927. The van der Waals surface area contributed by atoms with Crippen molar-refractivity contribution >= 4 is 21.9 Å². The highest BCUT2D eigenvalue weighted by molar-refractivity contribution is 9.11. The van der Waals surface area contributed by atoms with Crippen LogP contribution in [-0.2, 0) is 9.53 Å². The van der Waals surface area contributed by atoms with Crippen molar-refractivity contribution in [3.05, 3.63) is 40.8 Å². The van der Waals surface area contributed by atoms with Gasteiger partial charge in [-0.15, -0.1) is 0 Å². The summed E-state index contributed by atoms with van der Waals surface area (Å²) in [6.07, 6.45) is 4.97. The number of rotatable bonds is 1. The number of hydrogen-bond acceptors (Lipinski definition) is 3. The van der Waals surface area contributed by atoms with Gasteiger partial charge in [-0.2, -0.15) is 0 Å². The maximum atomic E-state index is 11.7. The van der Waals surface area contributed by atoms with Crippen molar-refractivity contribution in [1.82, 2.24) is 4.98 Å². The molecule has 3 nitrogen and oxygen atoms in total. The molecule has 15 heavy (non-hydrogen) atoms. The van der Waals surface area contributed by atoms with Crippen molar-refractivity contribution in [3.8, 4) is 0 Å². The molecule has 78 valence electrons. The third kappa shape index (κ3) is 2.26. The van der Waals surface area contributed by atoms with E-state index in [2.05, 4.69) is 20.9 Å². The number of carbonyl (C=O) groups excluding carboxylic acids is 1. The van der Waals surface area contributed by atoms with Crippen LogP contribution in [0.5, 0.6) is 0 Å². The minimum atomic E-state index is -0.194. The van der Waals surface area contributed by atoms with Gasteiger partial charge in [0.1, 0.15) is 5.76 Å². The lowest BCUT2D eigenvalue weighted by molar-refractivity contribution is -0.143. The summed E-state index contributed by atoms with van der Waals surface area (Å²) >= 11 is 3.16. The fourth-order valence-electron chi connectivity index (χ4n) is 1.62. The Hall–Kier alpha value is -1.16. The molecule has 0 aromatic carbocycles. The molecular formula is C11H10BrNO2. The third-order valence-corrected chi connectivity index (χ3v) is 2.91. The van der Waals surface area contributed by atoms with E-state index in [1.54, 1.807) is 17.4 Å². The molecule has 0 saturated carbocycles. The maximum absolute atomic E-state index is 11.7. The topological polar surface area (TPSA) is 39.2 Å². The molecular weight excluding hydrogens is 258 g/mol. The summed E-state index contributed by atoms with van der Waals surface area (Å²) in [7, 11) is 0. The summed E-state index contributed by atoms with van der Waals surface area (Å²) in [5, 5.41) is 0. The number of allylic oxidation sites excluding steroid dienone is 1. The second kappa shape index (κ2) is 4.57. The molecule has 1 unspecified atom stereocenters. The van der Waals surface area contributed by atoms with Crippen molar-refractivity contribution in [3.63, 3.8) is 0 Å². The summed E-state index contributed by atoms with van der Waals surface area (Å²) in [6.45, 7) is 0. The number of cyclic esters (lactones) is 1. The van der Waals surface area contributed by atoms with E-state index in [0.29, 0.717) is 5.76 Å². The zero-order chi connectivity index (χ0) is 10.7. The number of hydrogen-bond donors (Lipinski definition) is 0. The highest BCUT2D eigenvalue weighted by Crippen LogP contribution is 2.30. The largest absolute Gasteiger partial charge is 0.430 e. The molecule has 1 aliphatic heterocycles. The van der Waals surface area contributed by atoms with Crippen LogP contribution in [0.3, 0.4) is 0 Å². The summed E-state index contributed by atoms with van der Waals surface area (Å²) < 4.78 is 5.15. The molecule has 0 amide bonds. The number of aromatic nitrogens is 1. The van der Waals surface area contributed by atoms with Gasteiger partial charge in [0.25, 0.3) is 0 Å². The minimum Gasteiger partial charge on any atom is -0.430 e. The Labute approximate surface area is 96.3 Å². The Balaban J connectivity index is 2.17. The smallest absolute Gasteiger partial charge is 0.318 e. The second-order valence-corrected chi connectivity index (χ2v) is 3.83. The Morgan fingerprint density at radius 1 is 1.60 bits per heavy atom. The lowest BCUT2D eigenvalue weighted by Crippen LogP contribution is -2.21. The first-order valence-electron chi connectivity index (χ1n) is 4.72. The zero-order valence-electron chi connectivity index (χ0n) is 8.02. The molecule has 1 aromatic rings. The average molecular weight is 268 g/mol. The first-order valence-corrected chi connectivity index (χ1v) is 5.63. The van der Waals surface area contributed by atoms with Crippen LogP contribution in [0.2, 0.25) is 0 Å². The van der Waals surface area contributed by atoms with E-state index >= 15 is 0 Å². The van der Waals surface area contributed by atoms with Gasteiger partial charge in [-0.25, -0.2) is 0 Å². The van der Waals surface area contributed by atoms with Crippen molar-refractivity contribution in [1.29, 1.82) is 0 Å².